The lowest BCUT2D eigenvalue weighted by molar-refractivity contribution is 0.176. The highest BCUT2D eigenvalue weighted by Crippen LogP contribution is 2.22. The van der Waals surface area contributed by atoms with Crippen molar-refractivity contribution < 1.29 is 4.74 Å². The Morgan fingerprint density at radius 3 is 2.65 bits per heavy atom. The van der Waals surface area contributed by atoms with E-state index in [-0.39, 0.29) is 0 Å². The number of rotatable bonds is 4. The zero-order valence-electron chi connectivity index (χ0n) is 10.7. The highest BCUT2D eigenvalue weighted by Gasteiger charge is 2.25. The van der Waals surface area contributed by atoms with Crippen molar-refractivity contribution in [1.82, 2.24) is 5.43 Å². The Balaban J connectivity index is 2.12. The minimum Gasteiger partial charge on any atom is -0.381 e. The molecule has 2 rings (SSSR count). The third kappa shape index (κ3) is 2.86. The molecule has 0 radical (unpaired) electrons. The molecule has 1 fully saturated rings. The monoisotopic (exact) mass is 234 g/mol. The molecule has 3 N–H and O–H groups in total. The summed E-state index contributed by atoms with van der Waals surface area (Å²) in [5, 5.41) is 0. The minimum atomic E-state index is 0.317. The Kier molecular flexibility index (Phi) is 4.15. The molecule has 2 unspecified atom stereocenters. The van der Waals surface area contributed by atoms with Crippen LogP contribution in [0.2, 0.25) is 0 Å². The van der Waals surface area contributed by atoms with Crippen LogP contribution >= 0.6 is 0 Å². The van der Waals surface area contributed by atoms with Gasteiger partial charge in [-0.2, -0.15) is 0 Å². The van der Waals surface area contributed by atoms with Crippen molar-refractivity contribution in [1.29, 1.82) is 0 Å². The number of nitrogens with one attached hydrogen (secondary N) is 1. The van der Waals surface area contributed by atoms with Crippen molar-refractivity contribution in [3.63, 3.8) is 0 Å². The Labute approximate surface area is 103 Å². The standard InChI is InChI=1S/C14H22N2O/c1-10-4-3-5-11(2)13(10)8-14(16-15)12-6-7-17-9-12/h3-5,12,14,16H,6-9,15H2,1-2H3. The van der Waals surface area contributed by atoms with Crippen molar-refractivity contribution in [2.45, 2.75) is 32.7 Å². The molecule has 1 aliphatic rings. The average Bonchev–Trinajstić information content (AvgIpc) is 2.82. The fourth-order valence-electron chi connectivity index (χ4n) is 2.62. The smallest absolute Gasteiger partial charge is 0.0510 e. The van der Waals surface area contributed by atoms with Gasteiger partial charge >= 0.3 is 0 Å². The van der Waals surface area contributed by atoms with Crippen LogP contribution in [-0.2, 0) is 11.2 Å². The van der Waals surface area contributed by atoms with Crippen LogP contribution in [0.4, 0.5) is 0 Å². The molecule has 0 spiro atoms. The molecular formula is C14H22N2O. The van der Waals surface area contributed by atoms with E-state index in [9.17, 15) is 0 Å². The van der Waals surface area contributed by atoms with Gasteiger partial charge in [-0.15, -0.1) is 0 Å². The Morgan fingerprint density at radius 1 is 1.41 bits per heavy atom. The zero-order valence-corrected chi connectivity index (χ0v) is 10.7. The topological polar surface area (TPSA) is 47.3 Å². The summed E-state index contributed by atoms with van der Waals surface area (Å²) in [5.74, 6) is 6.24. The summed E-state index contributed by atoms with van der Waals surface area (Å²) >= 11 is 0. The predicted octanol–water partition coefficient (Wildman–Crippen LogP) is 1.71. The molecule has 1 heterocycles. The van der Waals surface area contributed by atoms with Gasteiger partial charge in [0.1, 0.15) is 0 Å². The molecular weight excluding hydrogens is 212 g/mol. The summed E-state index contributed by atoms with van der Waals surface area (Å²) in [6, 6.07) is 6.76. The van der Waals surface area contributed by atoms with Crippen molar-refractivity contribution in [3.8, 4) is 0 Å². The SMILES string of the molecule is Cc1cccc(C)c1CC(NN)C1CCOC1. The number of ether oxygens (including phenoxy) is 1. The first-order valence-corrected chi connectivity index (χ1v) is 6.31. The summed E-state index contributed by atoms with van der Waals surface area (Å²) in [7, 11) is 0. The fraction of sp³-hybridized carbons (Fsp3) is 0.571. The maximum Gasteiger partial charge on any atom is 0.0510 e. The first-order chi connectivity index (χ1) is 8.22. The first kappa shape index (κ1) is 12.6. The van der Waals surface area contributed by atoms with Crippen molar-refractivity contribution in [2.24, 2.45) is 11.8 Å². The van der Waals surface area contributed by atoms with E-state index in [1.165, 1.54) is 16.7 Å². The van der Waals surface area contributed by atoms with Crippen LogP contribution in [0.1, 0.15) is 23.1 Å². The lowest BCUT2D eigenvalue weighted by Gasteiger charge is -2.23. The summed E-state index contributed by atoms with van der Waals surface area (Å²) in [4.78, 5) is 0. The van der Waals surface area contributed by atoms with Crippen molar-refractivity contribution in [2.75, 3.05) is 13.2 Å². The second kappa shape index (κ2) is 5.63. The summed E-state index contributed by atoms with van der Waals surface area (Å²) in [6.07, 6.45) is 2.10. The van der Waals surface area contributed by atoms with Gasteiger partial charge in [-0.05, 0) is 43.4 Å². The van der Waals surface area contributed by atoms with E-state index >= 15 is 0 Å². The molecule has 17 heavy (non-hydrogen) atoms. The highest BCUT2D eigenvalue weighted by atomic mass is 16.5. The van der Waals surface area contributed by atoms with E-state index in [0.717, 1.165) is 26.1 Å². The summed E-state index contributed by atoms with van der Waals surface area (Å²) in [6.45, 7) is 6.04. The van der Waals surface area contributed by atoms with E-state index < -0.39 is 0 Å². The van der Waals surface area contributed by atoms with Gasteiger partial charge in [0.25, 0.3) is 0 Å². The van der Waals surface area contributed by atoms with Gasteiger partial charge in [-0.1, -0.05) is 18.2 Å². The van der Waals surface area contributed by atoms with E-state index in [4.69, 9.17) is 10.6 Å². The quantitative estimate of drug-likeness (QED) is 0.616. The third-order valence-corrected chi connectivity index (χ3v) is 3.82. The van der Waals surface area contributed by atoms with Crippen molar-refractivity contribution >= 4 is 0 Å². The molecule has 2 atom stereocenters. The van der Waals surface area contributed by atoms with Gasteiger partial charge in [0, 0.05) is 18.6 Å². The van der Waals surface area contributed by atoms with Gasteiger partial charge in [0.2, 0.25) is 0 Å². The molecule has 3 nitrogen and oxygen atoms in total. The molecule has 1 saturated heterocycles. The maximum atomic E-state index is 5.70. The van der Waals surface area contributed by atoms with Crippen LogP contribution in [0.5, 0.6) is 0 Å². The van der Waals surface area contributed by atoms with Gasteiger partial charge in [-0.3, -0.25) is 11.3 Å². The lowest BCUT2D eigenvalue weighted by atomic mass is 9.89. The molecule has 1 aromatic carbocycles. The Hall–Kier alpha value is -0.900. The van der Waals surface area contributed by atoms with E-state index in [2.05, 4.69) is 37.5 Å². The van der Waals surface area contributed by atoms with Gasteiger partial charge < -0.3 is 4.74 Å². The predicted molar refractivity (Wildman–Crippen MR) is 69.7 cm³/mol. The Bertz CT molecular complexity index is 352. The van der Waals surface area contributed by atoms with Gasteiger partial charge in [-0.25, -0.2) is 0 Å². The molecule has 0 saturated carbocycles. The molecule has 94 valence electrons. The molecule has 0 amide bonds. The largest absolute Gasteiger partial charge is 0.381 e. The number of hydrazine groups is 1. The first-order valence-electron chi connectivity index (χ1n) is 6.31. The average molecular weight is 234 g/mol. The number of benzene rings is 1. The molecule has 1 aromatic rings. The van der Waals surface area contributed by atoms with E-state index in [1.54, 1.807) is 0 Å². The summed E-state index contributed by atoms with van der Waals surface area (Å²) in [5.41, 5.74) is 7.09. The molecule has 0 aromatic heterocycles. The number of hydrogen-bond acceptors (Lipinski definition) is 3. The van der Waals surface area contributed by atoms with Crippen LogP contribution in [0.25, 0.3) is 0 Å². The minimum absolute atomic E-state index is 0.317. The summed E-state index contributed by atoms with van der Waals surface area (Å²) < 4.78 is 5.44. The van der Waals surface area contributed by atoms with Crippen LogP contribution in [0.3, 0.4) is 0 Å². The van der Waals surface area contributed by atoms with Gasteiger partial charge in [0.15, 0.2) is 0 Å². The zero-order chi connectivity index (χ0) is 12.3. The van der Waals surface area contributed by atoms with Gasteiger partial charge in [0.05, 0.1) is 6.61 Å². The normalized spacial score (nSPS) is 21.7. The lowest BCUT2D eigenvalue weighted by Crippen LogP contribution is -2.43. The molecule has 0 bridgehead atoms. The number of hydrogen-bond donors (Lipinski definition) is 2. The maximum absolute atomic E-state index is 5.70. The van der Waals surface area contributed by atoms with E-state index in [1.807, 2.05) is 0 Å². The third-order valence-electron chi connectivity index (χ3n) is 3.82. The Morgan fingerprint density at radius 2 is 2.12 bits per heavy atom. The van der Waals surface area contributed by atoms with Crippen molar-refractivity contribution in [3.05, 3.63) is 34.9 Å². The fourth-order valence-corrected chi connectivity index (χ4v) is 2.62. The van der Waals surface area contributed by atoms with E-state index in [0.29, 0.717) is 12.0 Å². The van der Waals surface area contributed by atoms with Crippen LogP contribution in [0.15, 0.2) is 18.2 Å². The molecule has 0 aliphatic carbocycles. The van der Waals surface area contributed by atoms with Crippen LogP contribution < -0.4 is 11.3 Å². The second-order valence-electron chi connectivity index (χ2n) is 4.97. The number of nitrogens with two attached hydrogens (primary N) is 1. The number of aryl methyl sites for hydroxylation is 2. The molecule has 1 aliphatic heterocycles. The second-order valence-corrected chi connectivity index (χ2v) is 4.97. The highest BCUT2D eigenvalue weighted by molar-refractivity contribution is 5.34. The van der Waals surface area contributed by atoms with Crippen LogP contribution in [-0.4, -0.2) is 19.3 Å². The van der Waals surface area contributed by atoms with Crippen LogP contribution in [0, 0.1) is 19.8 Å². The molecule has 3 heteroatoms.